The topological polar surface area (TPSA) is 29.5 Å². The number of hydrogen-bond donors (Lipinski definition) is 1. The van der Waals surface area contributed by atoms with Crippen molar-refractivity contribution >= 4 is 0 Å². The van der Waals surface area contributed by atoms with E-state index in [0.29, 0.717) is 0 Å². The molecule has 0 aromatic heterocycles. The molecule has 2 nitrogen and oxygen atoms in total. The van der Waals surface area contributed by atoms with Gasteiger partial charge in [-0.2, -0.15) is 0 Å². The van der Waals surface area contributed by atoms with E-state index in [-0.39, 0.29) is 12.2 Å². The van der Waals surface area contributed by atoms with Crippen molar-refractivity contribution in [2.24, 2.45) is 0 Å². The summed E-state index contributed by atoms with van der Waals surface area (Å²) in [6.07, 6.45) is 0. The first-order valence-electron chi connectivity index (χ1n) is 3.72. The van der Waals surface area contributed by atoms with E-state index in [0.717, 1.165) is 6.61 Å². The first kappa shape index (κ1) is 12.6. The monoisotopic (exact) mass is 148 g/mol. The number of hydrogen-bond acceptors (Lipinski definition) is 2. The van der Waals surface area contributed by atoms with Crippen molar-refractivity contribution in [2.45, 2.75) is 40.2 Å². The maximum Gasteiger partial charge on any atom is 0.0598 e. The van der Waals surface area contributed by atoms with E-state index in [4.69, 9.17) is 9.84 Å². The van der Waals surface area contributed by atoms with Crippen molar-refractivity contribution in [3.63, 3.8) is 0 Å². The molecule has 0 rings (SSSR count). The van der Waals surface area contributed by atoms with Gasteiger partial charge in [-0.15, -0.1) is 0 Å². The van der Waals surface area contributed by atoms with E-state index < -0.39 is 0 Å². The van der Waals surface area contributed by atoms with Gasteiger partial charge in [0, 0.05) is 13.2 Å². The lowest BCUT2D eigenvalue weighted by Gasteiger charge is -2.17. The van der Waals surface area contributed by atoms with Crippen LogP contribution < -0.4 is 0 Å². The van der Waals surface area contributed by atoms with Crippen molar-refractivity contribution in [1.82, 2.24) is 0 Å². The smallest absolute Gasteiger partial charge is 0.0598 e. The van der Waals surface area contributed by atoms with E-state index in [9.17, 15) is 0 Å². The van der Waals surface area contributed by atoms with Gasteiger partial charge in [-0.05, 0) is 34.6 Å². The zero-order valence-corrected chi connectivity index (χ0v) is 7.77. The average molecular weight is 148 g/mol. The molecule has 10 heavy (non-hydrogen) atoms. The number of aliphatic hydroxyl groups excluding tert-OH is 1. The molecule has 1 N–H and O–H groups in total. The Morgan fingerprint density at radius 1 is 1.20 bits per heavy atom. The van der Waals surface area contributed by atoms with Gasteiger partial charge in [0.25, 0.3) is 0 Å². The zero-order chi connectivity index (χ0) is 8.62. The zero-order valence-electron chi connectivity index (χ0n) is 7.77. The van der Waals surface area contributed by atoms with Gasteiger partial charge in [-0.3, -0.25) is 0 Å². The molecule has 0 aliphatic rings. The summed E-state index contributed by atoms with van der Waals surface area (Å²) in [4.78, 5) is 0. The second kappa shape index (κ2) is 7.03. The maximum atomic E-state index is 7.57. The summed E-state index contributed by atoms with van der Waals surface area (Å²) in [5.41, 5.74) is 0.0503. The Hall–Kier alpha value is -0.0800. The normalized spacial score (nSPS) is 10.2. The third kappa shape index (κ3) is 24.7. The van der Waals surface area contributed by atoms with Gasteiger partial charge in [0.1, 0.15) is 0 Å². The van der Waals surface area contributed by atoms with Crippen LogP contribution in [0.25, 0.3) is 0 Å². The Bertz CT molecular complexity index is 54.8. The number of rotatable bonds is 1. The van der Waals surface area contributed by atoms with E-state index in [1.165, 1.54) is 0 Å². The van der Waals surface area contributed by atoms with Gasteiger partial charge in [-0.25, -0.2) is 0 Å². The van der Waals surface area contributed by atoms with Crippen molar-refractivity contribution < 1.29 is 9.84 Å². The fourth-order valence-electron chi connectivity index (χ4n) is 0.433. The highest BCUT2D eigenvalue weighted by atomic mass is 16.5. The van der Waals surface area contributed by atoms with Crippen molar-refractivity contribution in [1.29, 1.82) is 0 Å². The summed E-state index contributed by atoms with van der Waals surface area (Å²) in [5.74, 6) is 0. The summed E-state index contributed by atoms with van der Waals surface area (Å²) in [5, 5.41) is 7.57. The van der Waals surface area contributed by atoms with Crippen LogP contribution in [0.2, 0.25) is 0 Å². The third-order valence-corrected chi connectivity index (χ3v) is 0.577. The molecular weight excluding hydrogens is 128 g/mol. The third-order valence-electron chi connectivity index (χ3n) is 0.577. The second-order valence-electron chi connectivity index (χ2n) is 2.86. The molecule has 0 bridgehead atoms. The van der Waals surface area contributed by atoms with Crippen LogP contribution in [0.3, 0.4) is 0 Å². The quantitative estimate of drug-likeness (QED) is 0.614. The average Bonchev–Trinajstić information content (AvgIpc) is 1.63. The van der Waals surface area contributed by atoms with Crippen LogP contribution in [0.15, 0.2) is 0 Å². The van der Waals surface area contributed by atoms with E-state index in [1.54, 1.807) is 6.92 Å². The van der Waals surface area contributed by atoms with E-state index in [2.05, 4.69) is 20.8 Å². The molecule has 0 spiro atoms. The highest BCUT2D eigenvalue weighted by Crippen LogP contribution is 2.04. The van der Waals surface area contributed by atoms with Crippen molar-refractivity contribution in [3.05, 3.63) is 0 Å². The highest BCUT2D eigenvalue weighted by molar-refractivity contribution is 4.56. The second-order valence-corrected chi connectivity index (χ2v) is 2.86. The molecule has 0 saturated heterocycles. The fraction of sp³-hybridized carbons (Fsp3) is 1.00. The van der Waals surface area contributed by atoms with Crippen molar-refractivity contribution in [2.75, 3.05) is 13.2 Å². The molecule has 0 aliphatic carbocycles. The molecule has 64 valence electrons. The summed E-state index contributed by atoms with van der Waals surface area (Å²) < 4.78 is 5.23. The van der Waals surface area contributed by atoms with Crippen LogP contribution in [-0.2, 0) is 4.74 Å². The predicted octanol–water partition coefficient (Wildman–Crippen LogP) is 1.82. The Labute approximate surface area is 64.2 Å². The minimum atomic E-state index is 0.0503. The van der Waals surface area contributed by atoms with Gasteiger partial charge in [0.2, 0.25) is 0 Å². The predicted molar refractivity (Wildman–Crippen MR) is 44.1 cm³/mol. The van der Waals surface area contributed by atoms with E-state index >= 15 is 0 Å². The van der Waals surface area contributed by atoms with E-state index in [1.807, 2.05) is 6.92 Å². The SMILES string of the molecule is CCO.CCOC(C)(C)C. The number of aliphatic hydroxyl groups is 1. The van der Waals surface area contributed by atoms with Crippen molar-refractivity contribution in [3.8, 4) is 0 Å². The Balaban J connectivity index is 0. The molecule has 0 atom stereocenters. The lowest BCUT2D eigenvalue weighted by atomic mass is 10.2. The van der Waals surface area contributed by atoms with Crippen LogP contribution in [0.4, 0.5) is 0 Å². The molecule has 0 unspecified atom stereocenters. The van der Waals surface area contributed by atoms with Gasteiger partial charge >= 0.3 is 0 Å². The van der Waals surface area contributed by atoms with Gasteiger partial charge in [-0.1, -0.05) is 0 Å². The minimum Gasteiger partial charge on any atom is -0.397 e. The maximum absolute atomic E-state index is 7.57. The molecule has 0 aromatic rings. The summed E-state index contributed by atoms with van der Waals surface area (Å²) in [6, 6.07) is 0. The van der Waals surface area contributed by atoms with Gasteiger partial charge < -0.3 is 9.84 Å². The van der Waals surface area contributed by atoms with Crippen LogP contribution in [-0.4, -0.2) is 23.9 Å². The molecule has 2 heteroatoms. The Morgan fingerprint density at radius 2 is 1.50 bits per heavy atom. The first-order valence-corrected chi connectivity index (χ1v) is 3.72. The van der Waals surface area contributed by atoms with Crippen LogP contribution in [0, 0.1) is 0 Å². The largest absolute Gasteiger partial charge is 0.397 e. The summed E-state index contributed by atoms with van der Waals surface area (Å²) >= 11 is 0. The number of ether oxygens (including phenoxy) is 1. The summed E-state index contributed by atoms with van der Waals surface area (Å²) in [6.45, 7) is 10.9. The molecule has 0 aliphatic heterocycles. The fourth-order valence-corrected chi connectivity index (χ4v) is 0.433. The lowest BCUT2D eigenvalue weighted by Crippen LogP contribution is -2.18. The van der Waals surface area contributed by atoms with Crippen LogP contribution >= 0.6 is 0 Å². The molecule has 0 saturated carbocycles. The molecular formula is C8H20O2. The Kier molecular flexibility index (Phi) is 8.85. The molecule has 0 radical (unpaired) electrons. The molecule has 0 aromatic carbocycles. The standard InChI is InChI=1S/C6H14O.C2H6O/c1-5-7-6(2,3)4;1-2-3/h5H2,1-4H3;3H,2H2,1H3. The van der Waals surface area contributed by atoms with Gasteiger partial charge in [0.15, 0.2) is 0 Å². The van der Waals surface area contributed by atoms with Crippen LogP contribution in [0.5, 0.6) is 0 Å². The first-order chi connectivity index (χ1) is 4.47. The molecule has 0 heterocycles. The Morgan fingerprint density at radius 3 is 1.50 bits per heavy atom. The molecule has 0 fully saturated rings. The van der Waals surface area contributed by atoms with Crippen LogP contribution in [0.1, 0.15) is 34.6 Å². The minimum absolute atomic E-state index is 0.0503. The lowest BCUT2D eigenvalue weighted by molar-refractivity contribution is 0.00532. The molecule has 0 amide bonds. The van der Waals surface area contributed by atoms with Gasteiger partial charge in [0.05, 0.1) is 5.60 Å². The summed E-state index contributed by atoms with van der Waals surface area (Å²) in [7, 11) is 0. The highest BCUT2D eigenvalue weighted by Gasteiger charge is 2.06.